The first-order valence-electron chi connectivity index (χ1n) is 2.37. The van der Waals surface area contributed by atoms with Crippen molar-refractivity contribution in [2.45, 2.75) is 14.4 Å². The minimum absolute atomic E-state index is 0. The van der Waals surface area contributed by atoms with E-state index in [1.165, 1.54) is 0 Å². The van der Waals surface area contributed by atoms with Crippen molar-refractivity contribution in [2.75, 3.05) is 0 Å². The zero-order chi connectivity index (χ0) is 5.98. The van der Waals surface area contributed by atoms with Gasteiger partial charge in [-0.25, -0.2) is 0 Å². The number of aryl methyl sites for hydroxylation is 1. The number of halogens is 1. The van der Waals surface area contributed by atoms with Gasteiger partial charge in [0.2, 0.25) is 0 Å². The van der Waals surface area contributed by atoms with E-state index in [4.69, 9.17) is 0 Å². The van der Waals surface area contributed by atoms with Crippen molar-refractivity contribution >= 4 is 15.9 Å². The van der Waals surface area contributed by atoms with Crippen LogP contribution in [0, 0.1) is 6.92 Å². The second-order valence-electron chi connectivity index (χ2n) is 1.62. The normalized spacial score (nSPS) is 8.22. The Balaban J connectivity index is 0.000000640. The number of rotatable bonds is 0. The molecule has 0 aromatic carbocycles. The second kappa shape index (κ2) is 3.62. The van der Waals surface area contributed by atoms with E-state index >= 15 is 0 Å². The van der Waals surface area contributed by atoms with Crippen LogP contribution in [0.3, 0.4) is 0 Å². The Labute approximate surface area is 64.3 Å². The highest BCUT2D eigenvalue weighted by molar-refractivity contribution is 9.10. The first-order valence-corrected chi connectivity index (χ1v) is 3.16. The molecular weight excluding hydrogens is 178 g/mol. The number of aromatic nitrogens is 1. The predicted octanol–water partition coefficient (Wildman–Crippen LogP) is 2.79. The van der Waals surface area contributed by atoms with Crippen LogP contribution in [0.5, 0.6) is 0 Å². The largest absolute Gasteiger partial charge is 0.260 e. The minimum atomic E-state index is 0. The van der Waals surface area contributed by atoms with Gasteiger partial charge in [0, 0.05) is 16.4 Å². The average Bonchev–Trinajstić information content (AvgIpc) is 1.77. The third-order valence-electron chi connectivity index (χ3n) is 0.875. The Morgan fingerprint density at radius 1 is 1.44 bits per heavy atom. The first-order chi connectivity index (χ1) is 3.79. The van der Waals surface area contributed by atoms with E-state index < -0.39 is 0 Å². The van der Waals surface area contributed by atoms with Crippen molar-refractivity contribution in [2.24, 2.45) is 0 Å². The molecule has 0 spiro atoms. The van der Waals surface area contributed by atoms with Crippen molar-refractivity contribution in [3.63, 3.8) is 0 Å². The van der Waals surface area contributed by atoms with Gasteiger partial charge in [0.15, 0.2) is 0 Å². The van der Waals surface area contributed by atoms with Crippen LogP contribution in [0.2, 0.25) is 0 Å². The summed E-state index contributed by atoms with van der Waals surface area (Å²) >= 11 is 3.28. The van der Waals surface area contributed by atoms with Crippen molar-refractivity contribution in [3.05, 3.63) is 28.5 Å². The third kappa shape index (κ3) is 2.61. The van der Waals surface area contributed by atoms with Gasteiger partial charge in [-0.05, 0) is 35.0 Å². The summed E-state index contributed by atoms with van der Waals surface area (Å²) in [4.78, 5) is 4.03. The van der Waals surface area contributed by atoms with Gasteiger partial charge in [-0.2, -0.15) is 0 Å². The van der Waals surface area contributed by atoms with E-state index in [-0.39, 0.29) is 7.43 Å². The van der Waals surface area contributed by atoms with Crippen molar-refractivity contribution in [3.8, 4) is 0 Å². The Morgan fingerprint density at radius 3 is 2.44 bits per heavy atom. The van der Waals surface area contributed by atoms with Gasteiger partial charge in [-0.1, -0.05) is 7.43 Å². The van der Waals surface area contributed by atoms with Crippen molar-refractivity contribution in [1.82, 2.24) is 4.98 Å². The number of hydrogen-bond acceptors (Lipinski definition) is 1. The molecule has 0 saturated heterocycles. The molecule has 9 heavy (non-hydrogen) atoms. The summed E-state index contributed by atoms with van der Waals surface area (Å²) in [5.41, 5.74) is 1.05. The lowest BCUT2D eigenvalue weighted by Gasteiger charge is -1.87. The molecule has 50 valence electrons. The lowest BCUT2D eigenvalue weighted by Crippen LogP contribution is -1.75. The molecule has 0 atom stereocenters. The van der Waals surface area contributed by atoms with Crippen LogP contribution >= 0.6 is 15.9 Å². The number of hydrogen-bond donors (Lipinski definition) is 0. The van der Waals surface area contributed by atoms with Crippen LogP contribution in [0.4, 0.5) is 0 Å². The molecule has 0 radical (unpaired) electrons. The Kier molecular flexibility index (Phi) is 3.47. The maximum Gasteiger partial charge on any atom is 0.0413 e. The zero-order valence-corrected chi connectivity index (χ0v) is 6.14. The topological polar surface area (TPSA) is 12.9 Å². The fraction of sp³-hybridized carbons (Fsp3) is 0.286. The van der Waals surface area contributed by atoms with E-state index in [1.54, 1.807) is 6.20 Å². The molecule has 1 nitrogen and oxygen atoms in total. The highest BCUT2D eigenvalue weighted by Gasteiger charge is 1.82. The lowest BCUT2D eigenvalue weighted by atomic mass is 10.4. The molecule has 0 unspecified atom stereocenters. The van der Waals surface area contributed by atoms with Crippen LogP contribution in [0.25, 0.3) is 0 Å². The van der Waals surface area contributed by atoms with Crippen LogP contribution < -0.4 is 0 Å². The quantitative estimate of drug-likeness (QED) is 0.609. The lowest BCUT2D eigenvalue weighted by molar-refractivity contribution is 1.19. The third-order valence-corrected chi connectivity index (χ3v) is 1.34. The van der Waals surface area contributed by atoms with Gasteiger partial charge in [0.05, 0.1) is 0 Å². The molecular formula is C7H10BrN. The van der Waals surface area contributed by atoms with Gasteiger partial charge in [-0.15, -0.1) is 0 Å². The molecule has 0 aliphatic heterocycles. The number of pyridine rings is 1. The molecule has 2 heteroatoms. The highest BCUT2D eigenvalue weighted by Crippen LogP contribution is 2.05. The Bertz CT molecular complexity index is 148. The van der Waals surface area contributed by atoms with Gasteiger partial charge in [-0.3, -0.25) is 4.98 Å². The molecule has 1 heterocycles. The van der Waals surface area contributed by atoms with Crippen LogP contribution in [0.15, 0.2) is 22.8 Å². The summed E-state index contributed by atoms with van der Waals surface area (Å²) in [5.74, 6) is 0. The van der Waals surface area contributed by atoms with Gasteiger partial charge in [0.1, 0.15) is 0 Å². The predicted molar refractivity (Wildman–Crippen MR) is 43.4 cm³/mol. The molecule has 0 amide bonds. The summed E-state index contributed by atoms with van der Waals surface area (Å²) in [6.45, 7) is 1.96. The molecule has 0 saturated carbocycles. The molecule has 0 bridgehead atoms. The summed E-state index contributed by atoms with van der Waals surface area (Å²) in [7, 11) is 0. The Hall–Kier alpha value is -0.370. The summed E-state index contributed by atoms with van der Waals surface area (Å²) in [6, 6.07) is 3.94. The minimum Gasteiger partial charge on any atom is -0.260 e. The first kappa shape index (κ1) is 8.63. The summed E-state index contributed by atoms with van der Waals surface area (Å²) in [6.07, 6.45) is 1.79. The molecule has 1 aromatic heterocycles. The molecule has 0 aliphatic rings. The maximum atomic E-state index is 4.03. The van der Waals surface area contributed by atoms with Crippen LogP contribution in [-0.4, -0.2) is 4.98 Å². The number of nitrogens with zero attached hydrogens (tertiary/aromatic N) is 1. The zero-order valence-electron chi connectivity index (χ0n) is 4.56. The molecule has 0 aliphatic carbocycles. The van der Waals surface area contributed by atoms with E-state index in [1.807, 2.05) is 19.1 Å². The fourth-order valence-electron chi connectivity index (χ4n) is 0.450. The standard InChI is InChI=1S/C6H6BrN.CH4/c1-5-2-3-6(7)4-8-5;/h2-4H,1H3;1H4. The smallest absolute Gasteiger partial charge is 0.0413 e. The summed E-state index contributed by atoms with van der Waals surface area (Å²) < 4.78 is 1.03. The van der Waals surface area contributed by atoms with E-state index in [0.717, 1.165) is 10.2 Å². The Morgan fingerprint density at radius 2 is 2.11 bits per heavy atom. The van der Waals surface area contributed by atoms with Crippen LogP contribution in [-0.2, 0) is 0 Å². The molecule has 1 aromatic rings. The van der Waals surface area contributed by atoms with E-state index in [9.17, 15) is 0 Å². The second-order valence-corrected chi connectivity index (χ2v) is 2.53. The average molecular weight is 188 g/mol. The van der Waals surface area contributed by atoms with Gasteiger partial charge in [0.25, 0.3) is 0 Å². The van der Waals surface area contributed by atoms with Gasteiger partial charge < -0.3 is 0 Å². The molecule has 0 fully saturated rings. The monoisotopic (exact) mass is 187 g/mol. The van der Waals surface area contributed by atoms with E-state index in [0.29, 0.717) is 0 Å². The van der Waals surface area contributed by atoms with Gasteiger partial charge >= 0.3 is 0 Å². The van der Waals surface area contributed by atoms with Crippen molar-refractivity contribution < 1.29 is 0 Å². The van der Waals surface area contributed by atoms with Crippen molar-refractivity contribution in [1.29, 1.82) is 0 Å². The SMILES string of the molecule is C.Cc1ccc(Br)cn1. The summed E-state index contributed by atoms with van der Waals surface area (Å²) in [5, 5.41) is 0. The molecule has 1 rings (SSSR count). The maximum absolute atomic E-state index is 4.03. The fourth-order valence-corrected chi connectivity index (χ4v) is 0.684. The molecule has 0 N–H and O–H groups in total. The van der Waals surface area contributed by atoms with E-state index in [2.05, 4.69) is 20.9 Å². The van der Waals surface area contributed by atoms with Crippen LogP contribution in [0.1, 0.15) is 13.1 Å². The highest BCUT2D eigenvalue weighted by atomic mass is 79.9.